The highest BCUT2D eigenvalue weighted by Crippen LogP contribution is 2.22. The third kappa shape index (κ3) is 6.49. The van der Waals surface area contributed by atoms with Crippen molar-refractivity contribution in [2.45, 2.75) is 13.5 Å². The quantitative estimate of drug-likeness (QED) is 0.532. The first-order valence-electron chi connectivity index (χ1n) is 9.64. The van der Waals surface area contributed by atoms with Crippen LogP contribution in [0.4, 0.5) is 0 Å². The number of amides is 2. The highest BCUT2D eigenvalue weighted by molar-refractivity contribution is 6.31. The number of nitrogens with one attached hydrogen (secondary N) is 2. The van der Waals surface area contributed by atoms with Gasteiger partial charge >= 0.3 is 0 Å². The molecule has 0 unspecified atom stereocenters. The third-order valence-corrected chi connectivity index (χ3v) is 4.84. The summed E-state index contributed by atoms with van der Waals surface area (Å²) in [4.78, 5) is 24.1. The fourth-order valence-corrected chi connectivity index (χ4v) is 2.75. The molecule has 2 N–H and O–H groups in total. The second-order valence-corrected chi connectivity index (χ2v) is 7.23. The second-order valence-electron chi connectivity index (χ2n) is 6.82. The van der Waals surface area contributed by atoms with E-state index in [1.807, 2.05) is 19.1 Å². The standard InChI is InChI=1S/C24H20ClN3O4/c1-16-12-21(10-11-22(16)25)31-14-18-2-6-19(7-3-18)24(30)28-27-23(29)15-32-20-8-4-17(13-26)5-9-20/h2-12H,14-15H2,1H3,(H,27,29)(H,28,30). The van der Waals surface area contributed by atoms with E-state index in [1.54, 1.807) is 60.7 Å². The zero-order valence-corrected chi connectivity index (χ0v) is 18.0. The molecule has 3 rings (SSSR count). The molecule has 0 atom stereocenters. The molecule has 8 heteroatoms. The highest BCUT2D eigenvalue weighted by atomic mass is 35.5. The predicted octanol–water partition coefficient (Wildman–Crippen LogP) is 3.94. The molecule has 0 aromatic heterocycles. The molecular weight excluding hydrogens is 430 g/mol. The fraction of sp³-hybridized carbons (Fsp3) is 0.125. The zero-order chi connectivity index (χ0) is 22.9. The van der Waals surface area contributed by atoms with Crippen molar-refractivity contribution in [3.8, 4) is 17.6 Å². The summed E-state index contributed by atoms with van der Waals surface area (Å²) in [6.07, 6.45) is 0. The van der Waals surface area contributed by atoms with Crippen LogP contribution >= 0.6 is 11.6 Å². The van der Waals surface area contributed by atoms with Crippen LogP contribution in [0.5, 0.6) is 11.5 Å². The fourth-order valence-electron chi connectivity index (χ4n) is 2.64. The van der Waals surface area contributed by atoms with Gasteiger partial charge in [-0.05, 0) is 72.6 Å². The Balaban J connectivity index is 1.43. The summed E-state index contributed by atoms with van der Waals surface area (Å²) in [6, 6.07) is 20.6. The van der Waals surface area contributed by atoms with Crippen LogP contribution in [0.2, 0.25) is 5.02 Å². The monoisotopic (exact) mass is 449 g/mol. The summed E-state index contributed by atoms with van der Waals surface area (Å²) in [7, 11) is 0. The van der Waals surface area contributed by atoms with Gasteiger partial charge in [0.2, 0.25) is 0 Å². The van der Waals surface area contributed by atoms with Crippen LogP contribution < -0.4 is 20.3 Å². The van der Waals surface area contributed by atoms with Crippen LogP contribution in [0.25, 0.3) is 0 Å². The van der Waals surface area contributed by atoms with Gasteiger partial charge in [0.15, 0.2) is 6.61 Å². The number of halogens is 1. The summed E-state index contributed by atoms with van der Waals surface area (Å²) in [5.41, 5.74) is 7.32. The average Bonchev–Trinajstić information content (AvgIpc) is 2.82. The molecule has 0 aliphatic rings. The number of nitriles is 1. The van der Waals surface area contributed by atoms with E-state index < -0.39 is 11.8 Å². The molecule has 3 aromatic carbocycles. The Kier molecular flexibility index (Phi) is 7.68. The first kappa shape index (κ1) is 22.7. The van der Waals surface area contributed by atoms with Crippen molar-refractivity contribution in [2.24, 2.45) is 0 Å². The van der Waals surface area contributed by atoms with E-state index in [1.165, 1.54) is 0 Å². The number of ether oxygens (including phenoxy) is 2. The number of carbonyl (C=O) groups excluding carboxylic acids is 2. The van der Waals surface area contributed by atoms with Gasteiger partial charge < -0.3 is 9.47 Å². The molecule has 162 valence electrons. The molecule has 3 aromatic rings. The molecule has 7 nitrogen and oxygen atoms in total. The Morgan fingerprint density at radius 1 is 0.938 bits per heavy atom. The molecule has 0 heterocycles. The van der Waals surface area contributed by atoms with Crippen molar-refractivity contribution >= 4 is 23.4 Å². The lowest BCUT2D eigenvalue weighted by atomic mass is 10.1. The lowest BCUT2D eigenvalue weighted by Crippen LogP contribution is -2.43. The van der Waals surface area contributed by atoms with E-state index in [2.05, 4.69) is 10.9 Å². The van der Waals surface area contributed by atoms with Crippen molar-refractivity contribution < 1.29 is 19.1 Å². The number of carbonyl (C=O) groups is 2. The third-order valence-electron chi connectivity index (χ3n) is 4.42. The first-order valence-corrected chi connectivity index (χ1v) is 10.0. The van der Waals surface area contributed by atoms with E-state index in [9.17, 15) is 9.59 Å². The normalized spacial score (nSPS) is 10.0. The Hall–Kier alpha value is -4.02. The first-order chi connectivity index (χ1) is 15.4. The van der Waals surface area contributed by atoms with Gasteiger partial charge in [-0.25, -0.2) is 0 Å². The van der Waals surface area contributed by atoms with Crippen LogP contribution in [0.15, 0.2) is 66.7 Å². The van der Waals surface area contributed by atoms with Crippen LogP contribution in [0.3, 0.4) is 0 Å². The van der Waals surface area contributed by atoms with E-state index >= 15 is 0 Å². The van der Waals surface area contributed by atoms with E-state index in [4.69, 9.17) is 26.3 Å². The lowest BCUT2D eigenvalue weighted by molar-refractivity contribution is -0.123. The van der Waals surface area contributed by atoms with Crippen molar-refractivity contribution in [1.82, 2.24) is 10.9 Å². The molecule has 0 aliphatic carbocycles. The molecule has 0 radical (unpaired) electrons. The average molecular weight is 450 g/mol. The van der Waals surface area contributed by atoms with Gasteiger partial charge in [-0.15, -0.1) is 0 Å². The number of hydrogen-bond acceptors (Lipinski definition) is 5. The Bertz CT molecular complexity index is 1140. The van der Waals surface area contributed by atoms with Gasteiger partial charge in [0.1, 0.15) is 18.1 Å². The van der Waals surface area contributed by atoms with Gasteiger partial charge in [-0.3, -0.25) is 20.4 Å². The number of aryl methyl sites for hydroxylation is 1. The molecule has 0 saturated heterocycles. The van der Waals surface area contributed by atoms with Gasteiger partial charge in [0, 0.05) is 10.6 Å². The predicted molar refractivity (Wildman–Crippen MR) is 119 cm³/mol. The minimum absolute atomic E-state index is 0.285. The summed E-state index contributed by atoms with van der Waals surface area (Å²) in [5.74, 6) is 0.167. The van der Waals surface area contributed by atoms with Crippen LogP contribution in [0, 0.1) is 18.3 Å². The molecule has 32 heavy (non-hydrogen) atoms. The largest absolute Gasteiger partial charge is 0.489 e. The van der Waals surface area contributed by atoms with Crippen molar-refractivity contribution in [3.63, 3.8) is 0 Å². The summed E-state index contributed by atoms with van der Waals surface area (Å²) < 4.78 is 11.0. The Morgan fingerprint density at radius 2 is 1.62 bits per heavy atom. The zero-order valence-electron chi connectivity index (χ0n) is 17.2. The molecular formula is C24H20ClN3O4. The van der Waals surface area contributed by atoms with Gasteiger partial charge in [-0.1, -0.05) is 23.7 Å². The summed E-state index contributed by atoms with van der Waals surface area (Å²) in [5, 5.41) is 9.44. The molecule has 0 bridgehead atoms. The number of benzene rings is 3. The van der Waals surface area contributed by atoms with Gasteiger partial charge in [-0.2, -0.15) is 5.26 Å². The van der Waals surface area contributed by atoms with Crippen LogP contribution in [0.1, 0.15) is 27.0 Å². The number of hydrogen-bond donors (Lipinski definition) is 2. The van der Waals surface area contributed by atoms with Crippen molar-refractivity contribution in [3.05, 3.63) is 94.0 Å². The van der Waals surface area contributed by atoms with Gasteiger partial charge in [0.05, 0.1) is 11.6 Å². The van der Waals surface area contributed by atoms with Crippen molar-refractivity contribution in [1.29, 1.82) is 5.26 Å². The smallest absolute Gasteiger partial charge is 0.276 e. The summed E-state index contributed by atoms with van der Waals surface area (Å²) >= 11 is 6.01. The van der Waals surface area contributed by atoms with Crippen molar-refractivity contribution in [2.75, 3.05) is 6.61 Å². The van der Waals surface area contributed by atoms with E-state index in [-0.39, 0.29) is 6.61 Å². The molecule has 0 aliphatic heterocycles. The van der Waals surface area contributed by atoms with Crippen LogP contribution in [-0.2, 0) is 11.4 Å². The minimum atomic E-state index is -0.522. The molecule has 2 amide bonds. The SMILES string of the molecule is Cc1cc(OCc2ccc(C(=O)NNC(=O)COc3ccc(C#N)cc3)cc2)ccc1Cl. The topological polar surface area (TPSA) is 100 Å². The Morgan fingerprint density at radius 3 is 2.28 bits per heavy atom. The lowest BCUT2D eigenvalue weighted by Gasteiger charge is -2.10. The molecule has 0 spiro atoms. The maximum Gasteiger partial charge on any atom is 0.276 e. The summed E-state index contributed by atoms with van der Waals surface area (Å²) in [6.45, 7) is 1.96. The van der Waals surface area contributed by atoms with E-state index in [0.717, 1.165) is 11.1 Å². The maximum absolute atomic E-state index is 12.2. The van der Waals surface area contributed by atoms with E-state index in [0.29, 0.717) is 34.3 Å². The number of hydrazine groups is 1. The van der Waals surface area contributed by atoms with Gasteiger partial charge in [0.25, 0.3) is 11.8 Å². The Labute approximate surface area is 190 Å². The minimum Gasteiger partial charge on any atom is -0.489 e. The molecule has 0 saturated carbocycles. The highest BCUT2D eigenvalue weighted by Gasteiger charge is 2.09. The van der Waals surface area contributed by atoms with Crippen LogP contribution in [-0.4, -0.2) is 18.4 Å². The number of rotatable bonds is 7. The number of nitrogens with zero attached hydrogens (tertiary/aromatic N) is 1. The maximum atomic E-state index is 12.2. The molecule has 0 fully saturated rings. The second kappa shape index (κ2) is 10.8.